The lowest BCUT2D eigenvalue weighted by Crippen LogP contribution is -2.52. The van der Waals surface area contributed by atoms with E-state index in [0.717, 1.165) is 9.87 Å². The summed E-state index contributed by atoms with van der Waals surface area (Å²) in [5, 5.41) is 3.35. The van der Waals surface area contributed by atoms with Gasteiger partial charge in [-0.25, -0.2) is 8.42 Å². The van der Waals surface area contributed by atoms with Crippen LogP contribution >= 0.6 is 11.6 Å². The van der Waals surface area contributed by atoms with E-state index in [1.54, 1.807) is 55.5 Å². The number of ether oxygens (including phenoxy) is 2. The molecule has 1 atom stereocenters. The van der Waals surface area contributed by atoms with E-state index in [1.165, 1.54) is 43.4 Å². The number of methoxy groups -OCH3 is 2. The Bertz CT molecular complexity index is 1410. The predicted octanol–water partition coefficient (Wildman–Crippen LogP) is 4.49. The SMILES string of the molecule is COc1ccc(S(=O)(=O)N(CC(=O)N(Cc2ccc(Cl)cc2)[C@H](C)C(=O)NC(C)C)c2ccccc2OC)cc1. The van der Waals surface area contributed by atoms with Gasteiger partial charge < -0.3 is 19.7 Å². The fourth-order valence-corrected chi connectivity index (χ4v) is 5.55. The van der Waals surface area contributed by atoms with Crippen LogP contribution in [0.1, 0.15) is 26.3 Å². The van der Waals surface area contributed by atoms with Gasteiger partial charge in [-0.2, -0.15) is 0 Å². The number of carbonyl (C=O) groups excluding carboxylic acids is 2. The molecular weight excluding hydrogens is 554 g/mol. The number of nitrogens with zero attached hydrogens (tertiary/aromatic N) is 2. The fraction of sp³-hybridized carbons (Fsp3) is 0.310. The summed E-state index contributed by atoms with van der Waals surface area (Å²) < 4.78 is 39.5. The van der Waals surface area contributed by atoms with Gasteiger partial charge in [-0.15, -0.1) is 0 Å². The average molecular weight is 588 g/mol. The Kier molecular flexibility index (Phi) is 10.4. The lowest BCUT2D eigenvalue weighted by atomic mass is 10.1. The maximum absolute atomic E-state index is 14.0. The molecule has 0 heterocycles. The molecule has 0 fully saturated rings. The summed E-state index contributed by atoms with van der Waals surface area (Å²) in [5.41, 5.74) is 0.906. The van der Waals surface area contributed by atoms with E-state index in [-0.39, 0.29) is 34.8 Å². The first-order chi connectivity index (χ1) is 19.0. The molecule has 3 rings (SSSR count). The number of halogens is 1. The molecule has 0 aliphatic rings. The van der Waals surface area contributed by atoms with E-state index < -0.39 is 28.5 Å². The van der Waals surface area contributed by atoms with E-state index in [4.69, 9.17) is 21.1 Å². The number of benzene rings is 3. The van der Waals surface area contributed by atoms with Crippen molar-refractivity contribution in [1.82, 2.24) is 10.2 Å². The van der Waals surface area contributed by atoms with Crippen molar-refractivity contribution >= 4 is 39.1 Å². The van der Waals surface area contributed by atoms with Gasteiger partial charge in [-0.1, -0.05) is 35.9 Å². The molecule has 2 amide bonds. The van der Waals surface area contributed by atoms with Gasteiger partial charge in [0.2, 0.25) is 11.8 Å². The molecule has 11 heteroatoms. The Morgan fingerprint density at radius 1 is 0.900 bits per heavy atom. The van der Waals surface area contributed by atoms with Gasteiger partial charge in [0, 0.05) is 17.6 Å². The van der Waals surface area contributed by atoms with Gasteiger partial charge in [0.25, 0.3) is 10.0 Å². The van der Waals surface area contributed by atoms with Crippen LogP contribution < -0.4 is 19.1 Å². The lowest BCUT2D eigenvalue weighted by Gasteiger charge is -2.32. The van der Waals surface area contributed by atoms with Gasteiger partial charge in [-0.05, 0) is 74.9 Å². The molecule has 1 N–H and O–H groups in total. The largest absolute Gasteiger partial charge is 0.497 e. The number of hydrogen-bond acceptors (Lipinski definition) is 6. The Labute approximate surface area is 240 Å². The van der Waals surface area contributed by atoms with Crippen LogP contribution in [0.2, 0.25) is 5.02 Å². The van der Waals surface area contributed by atoms with Crippen LogP contribution in [0.5, 0.6) is 11.5 Å². The molecule has 3 aromatic rings. The predicted molar refractivity (Wildman–Crippen MR) is 155 cm³/mol. The van der Waals surface area contributed by atoms with Crippen molar-refractivity contribution in [2.75, 3.05) is 25.1 Å². The minimum Gasteiger partial charge on any atom is -0.497 e. The quantitative estimate of drug-likeness (QED) is 0.335. The molecule has 40 heavy (non-hydrogen) atoms. The van der Waals surface area contributed by atoms with E-state index >= 15 is 0 Å². The van der Waals surface area contributed by atoms with Crippen molar-refractivity contribution < 1.29 is 27.5 Å². The minimum absolute atomic E-state index is 0.0399. The third-order valence-electron chi connectivity index (χ3n) is 6.14. The first-order valence-corrected chi connectivity index (χ1v) is 14.4. The molecule has 0 saturated heterocycles. The molecule has 0 spiro atoms. The number of para-hydroxylation sites is 2. The van der Waals surface area contributed by atoms with Crippen LogP contribution in [0.3, 0.4) is 0 Å². The highest BCUT2D eigenvalue weighted by Gasteiger charge is 2.33. The Hall–Kier alpha value is -3.76. The molecule has 0 radical (unpaired) electrons. The molecule has 0 aromatic heterocycles. The van der Waals surface area contributed by atoms with Crippen molar-refractivity contribution in [2.24, 2.45) is 0 Å². The third kappa shape index (κ3) is 7.45. The van der Waals surface area contributed by atoms with Gasteiger partial charge in [0.05, 0.1) is 24.8 Å². The summed E-state index contributed by atoms with van der Waals surface area (Å²) in [6, 6.07) is 18.2. The maximum Gasteiger partial charge on any atom is 0.264 e. The number of hydrogen-bond donors (Lipinski definition) is 1. The van der Waals surface area contributed by atoms with E-state index in [0.29, 0.717) is 10.8 Å². The number of carbonyl (C=O) groups is 2. The molecule has 9 nitrogen and oxygen atoms in total. The molecule has 0 saturated carbocycles. The van der Waals surface area contributed by atoms with Gasteiger partial charge >= 0.3 is 0 Å². The molecular formula is C29H34ClN3O6S. The standard InChI is InChI=1S/C29H34ClN3O6S/c1-20(2)31-29(35)21(3)32(18-22-10-12-23(30)13-11-22)28(34)19-33(26-8-6-7-9-27(26)39-5)40(36,37)25-16-14-24(38-4)15-17-25/h6-17,20-21H,18-19H2,1-5H3,(H,31,35)/t21-/m1/s1. The molecule has 214 valence electrons. The van der Waals surface area contributed by atoms with Crippen molar-refractivity contribution in [3.05, 3.63) is 83.4 Å². The Balaban J connectivity index is 2.06. The molecule has 0 bridgehead atoms. The number of rotatable bonds is 12. The normalized spacial score (nSPS) is 12.0. The monoisotopic (exact) mass is 587 g/mol. The first-order valence-electron chi connectivity index (χ1n) is 12.6. The second-order valence-corrected chi connectivity index (χ2v) is 11.6. The highest BCUT2D eigenvalue weighted by molar-refractivity contribution is 7.92. The van der Waals surface area contributed by atoms with E-state index in [9.17, 15) is 18.0 Å². The number of sulfonamides is 1. The molecule has 0 aliphatic carbocycles. The highest BCUT2D eigenvalue weighted by atomic mass is 35.5. The second kappa shape index (κ2) is 13.5. The lowest BCUT2D eigenvalue weighted by molar-refractivity contribution is -0.139. The zero-order valence-electron chi connectivity index (χ0n) is 23.1. The van der Waals surface area contributed by atoms with Crippen molar-refractivity contribution in [3.63, 3.8) is 0 Å². The minimum atomic E-state index is -4.25. The van der Waals surface area contributed by atoms with Crippen LogP contribution in [-0.4, -0.2) is 58.0 Å². The third-order valence-corrected chi connectivity index (χ3v) is 8.17. The second-order valence-electron chi connectivity index (χ2n) is 9.35. The summed E-state index contributed by atoms with van der Waals surface area (Å²) in [6.45, 7) is 4.73. The zero-order valence-corrected chi connectivity index (χ0v) is 24.7. The summed E-state index contributed by atoms with van der Waals surface area (Å²) in [6.07, 6.45) is 0. The highest BCUT2D eigenvalue weighted by Crippen LogP contribution is 2.33. The number of anilines is 1. The summed E-state index contributed by atoms with van der Waals surface area (Å²) in [4.78, 5) is 28.3. The average Bonchev–Trinajstić information content (AvgIpc) is 2.94. The van der Waals surface area contributed by atoms with Crippen LogP contribution in [0, 0.1) is 0 Å². The van der Waals surface area contributed by atoms with Gasteiger partial charge in [0.1, 0.15) is 24.1 Å². The smallest absolute Gasteiger partial charge is 0.264 e. The Morgan fingerprint density at radius 3 is 2.10 bits per heavy atom. The maximum atomic E-state index is 14.0. The molecule has 0 unspecified atom stereocenters. The molecule has 3 aromatic carbocycles. The van der Waals surface area contributed by atoms with Crippen LogP contribution in [0.25, 0.3) is 0 Å². The number of amides is 2. The van der Waals surface area contributed by atoms with Crippen LogP contribution in [0.4, 0.5) is 5.69 Å². The first kappa shape index (κ1) is 30.8. The van der Waals surface area contributed by atoms with Crippen LogP contribution in [-0.2, 0) is 26.2 Å². The fourth-order valence-electron chi connectivity index (χ4n) is 4.00. The van der Waals surface area contributed by atoms with Crippen LogP contribution in [0.15, 0.2) is 77.7 Å². The Morgan fingerprint density at radius 2 is 1.52 bits per heavy atom. The summed E-state index contributed by atoms with van der Waals surface area (Å²) in [5.74, 6) is -0.191. The van der Waals surface area contributed by atoms with Gasteiger partial charge in [0.15, 0.2) is 0 Å². The van der Waals surface area contributed by atoms with Crippen molar-refractivity contribution in [2.45, 2.75) is 44.3 Å². The number of nitrogens with one attached hydrogen (secondary N) is 1. The summed E-state index contributed by atoms with van der Waals surface area (Å²) in [7, 11) is -1.35. The van der Waals surface area contributed by atoms with E-state index in [1.807, 2.05) is 13.8 Å². The van der Waals surface area contributed by atoms with Gasteiger partial charge in [-0.3, -0.25) is 13.9 Å². The zero-order chi connectivity index (χ0) is 29.4. The molecule has 0 aliphatic heterocycles. The summed E-state index contributed by atoms with van der Waals surface area (Å²) >= 11 is 6.04. The topological polar surface area (TPSA) is 105 Å². The van der Waals surface area contributed by atoms with E-state index in [2.05, 4.69) is 5.32 Å². The van der Waals surface area contributed by atoms with Crippen molar-refractivity contribution in [3.8, 4) is 11.5 Å². The van der Waals surface area contributed by atoms with Crippen molar-refractivity contribution in [1.29, 1.82) is 0 Å².